The maximum absolute atomic E-state index is 12.0. The molecule has 0 spiro atoms. The van der Waals surface area contributed by atoms with Gasteiger partial charge in [0, 0.05) is 9.86 Å². The lowest BCUT2D eigenvalue weighted by atomic mass is 10.2. The highest BCUT2D eigenvalue weighted by Gasteiger charge is 2.07. The van der Waals surface area contributed by atoms with Gasteiger partial charge >= 0.3 is 0 Å². The van der Waals surface area contributed by atoms with E-state index in [-0.39, 0.29) is 5.91 Å². The maximum atomic E-state index is 12.0. The standard InChI is InChI=1S/C17H12BrN3O/c18-15-7-3-2-6-14(15)17(22)21-19-11-13-10-9-12-5-1-4-8-16(12)20-13/h1-11H,(H,21,22)/b19-11+. The number of hydrogen-bond donors (Lipinski definition) is 1. The molecule has 2 aromatic carbocycles. The molecule has 0 aliphatic heterocycles. The van der Waals surface area contributed by atoms with Crippen LogP contribution in [0.1, 0.15) is 16.1 Å². The van der Waals surface area contributed by atoms with Crippen molar-refractivity contribution in [2.24, 2.45) is 5.10 Å². The van der Waals surface area contributed by atoms with Crippen molar-refractivity contribution in [2.45, 2.75) is 0 Å². The summed E-state index contributed by atoms with van der Waals surface area (Å²) in [4.78, 5) is 16.4. The highest BCUT2D eigenvalue weighted by atomic mass is 79.9. The predicted octanol–water partition coefficient (Wildman–Crippen LogP) is 3.76. The van der Waals surface area contributed by atoms with Crippen molar-refractivity contribution in [3.63, 3.8) is 0 Å². The third-order valence-electron chi connectivity index (χ3n) is 3.10. The fourth-order valence-corrected chi connectivity index (χ4v) is 2.48. The number of hydrazone groups is 1. The van der Waals surface area contributed by atoms with Crippen molar-refractivity contribution in [1.29, 1.82) is 0 Å². The third-order valence-corrected chi connectivity index (χ3v) is 3.79. The second-order valence-corrected chi connectivity index (χ2v) is 5.46. The number of carbonyl (C=O) groups is 1. The largest absolute Gasteiger partial charge is 0.272 e. The molecule has 3 aromatic rings. The smallest absolute Gasteiger partial charge is 0.267 e. The predicted molar refractivity (Wildman–Crippen MR) is 90.9 cm³/mol. The van der Waals surface area contributed by atoms with E-state index in [1.165, 1.54) is 6.21 Å². The van der Waals surface area contributed by atoms with Crippen molar-refractivity contribution >= 4 is 39.0 Å². The summed E-state index contributed by atoms with van der Waals surface area (Å²) in [5, 5.41) is 5.02. The minimum atomic E-state index is -0.274. The van der Waals surface area contributed by atoms with Crippen molar-refractivity contribution < 1.29 is 4.79 Å². The van der Waals surface area contributed by atoms with Crippen LogP contribution in [-0.2, 0) is 0 Å². The molecular weight excluding hydrogens is 342 g/mol. The van der Waals surface area contributed by atoms with E-state index in [0.29, 0.717) is 11.3 Å². The van der Waals surface area contributed by atoms with Gasteiger partial charge in [-0.15, -0.1) is 0 Å². The van der Waals surface area contributed by atoms with Gasteiger partial charge in [-0.2, -0.15) is 5.10 Å². The highest BCUT2D eigenvalue weighted by molar-refractivity contribution is 9.10. The zero-order valence-corrected chi connectivity index (χ0v) is 13.1. The van der Waals surface area contributed by atoms with E-state index in [4.69, 9.17) is 0 Å². The Morgan fingerprint density at radius 2 is 1.82 bits per heavy atom. The number of carbonyl (C=O) groups excluding carboxylic acids is 1. The summed E-state index contributed by atoms with van der Waals surface area (Å²) in [5.41, 5.74) is 4.61. The summed E-state index contributed by atoms with van der Waals surface area (Å²) in [6, 6.07) is 18.9. The van der Waals surface area contributed by atoms with E-state index < -0.39 is 0 Å². The molecule has 0 saturated heterocycles. The van der Waals surface area contributed by atoms with E-state index in [9.17, 15) is 4.79 Å². The first kappa shape index (κ1) is 14.4. The van der Waals surface area contributed by atoms with Gasteiger partial charge in [-0.25, -0.2) is 10.4 Å². The topological polar surface area (TPSA) is 54.4 Å². The average Bonchev–Trinajstić information content (AvgIpc) is 2.55. The second kappa shape index (κ2) is 6.49. The van der Waals surface area contributed by atoms with Crippen molar-refractivity contribution in [1.82, 2.24) is 10.4 Å². The minimum absolute atomic E-state index is 0.274. The number of benzene rings is 2. The number of pyridine rings is 1. The van der Waals surface area contributed by atoms with Gasteiger partial charge in [0.25, 0.3) is 5.91 Å². The van der Waals surface area contributed by atoms with Gasteiger partial charge in [-0.3, -0.25) is 4.79 Å². The maximum Gasteiger partial charge on any atom is 0.272 e. The molecular formula is C17H12BrN3O. The third kappa shape index (κ3) is 3.20. The molecule has 1 heterocycles. The first-order valence-corrected chi connectivity index (χ1v) is 7.47. The van der Waals surface area contributed by atoms with E-state index in [0.717, 1.165) is 15.4 Å². The number of hydrogen-bond acceptors (Lipinski definition) is 3. The molecule has 0 radical (unpaired) electrons. The lowest BCUT2D eigenvalue weighted by molar-refractivity contribution is 0.0954. The Morgan fingerprint density at radius 1 is 1.05 bits per heavy atom. The molecule has 0 atom stereocenters. The lowest BCUT2D eigenvalue weighted by Crippen LogP contribution is -2.18. The molecule has 0 aliphatic carbocycles. The zero-order valence-electron chi connectivity index (χ0n) is 11.5. The SMILES string of the molecule is O=C(N/N=C/c1ccc2ccccc2n1)c1ccccc1Br. The van der Waals surface area contributed by atoms with Crippen LogP contribution in [0.15, 0.2) is 70.2 Å². The molecule has 5 heteroatoms. The van der Waals surface area contributed by atoms with Crippen molar-refractivity contribution in [2.75, 3.05) is 0 Å². The number of aromatic nitrogens is 1. The van der Waals surface area contributed by atoms with E-state index in [1.807, 2.05) is 48.5 Å². The average molecular weight is 354 g/mol. The summed E-state index contributed by atoms with van der Waals surface area (Å²) in [6.07, 6.45) is 1.53. The Kier molecular flexibility index (Phi) is 4.25. The summed E-state index contributed by atoms with van der Waals surface area (Å²) in [5.74, 6) is -0.274. The fourth-order valence-electron chi connectivity index (χ4n) is 2.02. The second-order valence-electron chi connectivity index (χ2n) is 4.61. The molecule has 0 unspecified atom stereocenters. The van der Waals surface area contributed by atoms with Crippen LogP contribution < -0.4 is 5.43 Å². The summed E-state index contributed by atoms with van der Waals surface area (Å²) in [6.45, 7) is 0. The minimum Gasteiger partial charge on any atom is -0.267 e. The van der Waals surface area contributed by atoms with Gasteiger partial charge in [-0.05, 0) is 40.2 Å². The Hall–Kier alpha value is -2.53. The number of nitrogens with zero attached hydrogens (tertiary/aromatic N) is 2. The number of para-hydroxylation sites is 1. The van der Waals surface area contributed by atoms with E-state index >= 15 is 0 Å². The Bertz CT molecular complexity index is 861. The monoisotopic (exact) mass is 353 g/mol. The van der Waals surface area contributed by atoms with E-state index in [2.05, 4.69) is 31.4 Å². The normalized spacial score (nSPS) is 11.0. The zero-order chi connectivity index (χ0) is 15.4. The molecule has 0 aliphatic rings. The van der Waals surface area contributed by atoms with Gasteiger partial charge in [0.1, 0.15) is 0 Å². The van der Waals surface area contributed by atoms with Crippen molar-refractivity contribution in [3.8, 4) is 0 Å². The first-order valence-electron chi connectivity index (χ1n) is 6.68. The molecule has 22 heavy (non-hydrogen) atoms. The van der Waals surface area contributed by atoms with Gasteiger partial charge < -0.3 is 0 Å². The number of halogens is 1. The Morgan fingerprint density at radius 3 is 2.68 bits per heavy atom. The Balaban J connectivity index is 1.73. The van der Waals surface area contributed by atoms with Crippen LogP contribution in [0.5, 0.6) is 0 Å². The number of rotatable bonds is 3. The van der Waals surface area contributed by atoms with Gasteiger partial charge in [0.15, 0.2) is 0 Å². The summed E-state index contributed by atoms with van der Waals surface area (Å²) in [7, 11) is 0. The van der Waals surface area contributed by atoms with Gasteiger partial charge in [-0.1, -0.05) is 36.4 Å². The first-order chi connectivity index (χ1) is 10.7. The Labute approximate surface area is 136 Å². The quantitative estimate of drug-likeness (QED) is 0.575. The van der Waals surface area contributed by atoms with Crippen molar-refractivity contribution in [3.05, 3.63) is 76.4 Å². The molecule has 3 rings (SSSR count). The van der Waals surface area contributed by atoms with Crippen LogP contribution in [0.3, 0.4) is 0 Å². The molecule has 1 N–H and O–H groups in total. The molecule has 1 aromatic heterocycles. The molecule has 0 fully saturated rings. The van der Waals surface area contributed by atoms with E-state index in [1.54, 1.807) is 12.1 Å². The highest BCUT2D eigenvalue weighted by Crippen LogP contribution is 2.15. The van der Waals surface area contributed by atoms with Crippen LogP contribution in [-0.4, -0.2) is 17.1 Å². The number of nitrogens with one attached hydrogen (secondary N) is 1. The number of fused-ring (bicyclic) bond motifs is 1. The molecule has 1 amide bonds. The molecule has 0 bridgehead atoms. The fraction of sp³-hybridized carbons (Fsp3) is 0. The van der Waals surface area contributed by atoms with Gasteiger partial charge in [0.05, 0.1) is 23.0 Å². The summed E-state index contributed by atoms with van der Waals surface area (Å²) >= 11 is 3.34. The molecule has 4 nitrogen and oxygen atoms in total. The lowest BCUT2D eigenvalue weighted by Gasteiger charge is -2.02. The summed E-state index contributed by atoms with van der Waals surface area (Å²) < 4.78 is 0.728. The number of amides is 1. The van der Waals surface area contributed by atoms with Crippen LogP contribution in [0.2, 0.25) is 0 Å². The van der Waals surface area contributed by atoms with Crippen LogP contribution in [0, 0.1) is 0 Å². The van der Waals surface area contributed by atoms with Crippen LogP contribution in [0.4, 0.5) is 0 Å². The molecule has 108 valence electrons. The van der Waals surface area contributed by atoms with Gasteiger partial charge in [0.2, 0.25) is 0 Å². The van der Waals surface area contributed by atoms with Crippen LogP contribution in [0.25, 0.3) is 10.9 Å². The van der Waals surface area contributed by atoms with Crippen LogP contribution >= 0.6 is 15.9 Å². The molecule has 0 saturated carbocycles.